The highest BCUT2D eigenvalue weighted by atomic mass is 32.1. The predicted molar refractivity (Wildman–Crippen MR) is 85.6 cm³/mol. The summed E-state index contributed by atoms with van der Waals surface area (Å²) in [4.78, 5) is 16.7. The molecule has 0 aliphatic heterocycles. The third kappa shape index (κ3) is 3.78. The van der Waals surface area contributed by atoms with Crippen LogP contribution in [-0.2, 0) is 6.54 Å². The molecule has 106 valence electrons. The lowest BCUT2D eigenvalue weighted by molar-refractivity contribution is 0.0943. The lowest BCUT2D eigenvalue weighted by Crippen LogP contribution is -2.25. The van der Waals surface area contributed by atoms with Crippen molar-refractivity contribution < 1.29 is 4.79 Å². The van der Waals surface area contributed by atoms with E-state index in [9.17, 15) is 4.79 Å². The van der Waals surface area contributed by atoms with Gasteiger partial charge in [-0.3, -0.25) is 9.69 Å². The highest BCUT2D eigenvalue weighted by Gasteiger charge is 2.14. The van der Waals surface area contributed by atoms with E-state index in [1.807, 2.05) is 27.0 Å². The Morgan fingerprint density at radius 2 is 1.95 bits per heavy atom. The molecule has 0 bridgehead atoms. The molecule has 2 nitrogen and oxygen atoms in total. The van der Waals surface area contributed by atoms with Crippen LogP contribution in [0, 0.1) is 20.8 Å². The largest absolute Gasteiger partial charge is 0.295 e. The number of carbonyl (C=O) groups is 1. The number of nitrogens with zero attached hydrogens (tertiary/aromatic N) is 1. The molecule has 0 unspecified atom stereocenters. The van der Waals surface area contributed by atoms with E-state index in [1.165, 1.54) is 16.0 Å². The molecule has 0 atom stereocenters. The molecule has 0 N–H and O–H groups in total. The Hall–Kier alpha value is -1.45. The van der Waals surface area contributed by atoms with Crippen LogP contribution in [0.1, 0.15) is 31.2 Å². The Labute approximate surface area is 125 Å². The van der Waals surface area contributed by atoms with Crippen molar-refractivity contribution in [3.05, 3.63) is 56.8 Å². The first-order valence-electron chi connectivity index (χ1n) is 6.80. The SMILES string of the molecule is Cc1cccc(CN(C)CC(=O)c2cc(C)sc2C)c1. The molecule has 0 spiro atoms. The van der Waals surface area contributed by atoms with Gasteiger partial charge in [-0.05, 0) is 39.4 Å². The van der Waals surface area contributed by atoms with Crippen LogP contribution in [0.15, 0.2) is 30.3 Å². The topological polar surface area (TPSA) is 20.3 Å². The average molecular weight is 287 g/mol. The van der Waals surface area contributed by atoms with Crippen molar-refractivity contribution in [3.8, 4) is 0 Å². The minimum atomic E-state index is 0.210. The van der Waals surface area contributed by atoms with Crippen LogP contribution in [-0.4, -0.2) is 24.3 Å². The maximum atomic E-state index is 12.3. The van der Waals surface area contributed by atoms with Gasteiger partial charge in [0.25, 0.3) is 0 Å². The fourth-order valence-corrected chi connectivity index (χ4v) is 3.36. The third-order valence-corrected chi connectivity index (χ3v) is 4.26. The summed E-state index contributed by atoms with van der Waals surface area (Å²) in [5.41, 5.74) is 3.38. The Morgan fingerprint density at radius 3 is 2.55 bits per heavy atom. The Balaban J connectivity index is 1.99. The van der Waals surface area contributed by atoms with Crippen LogP contribution in [0.3, 0.4) is 0 Å². The van der Waals surface area contributed by atoms with Gasteiger partial charge in [-0.25, -0.2) is 0 Å². The second kappa shape index (κ2) is 6.33. The third-order valence-electron chi connectivity index (χ3n) is 3.29. The van der Waals surface area contributed by atoms with Gasteiger partial charge in [-0.2, -0.15) is 0 Å². The fraction of sp³-hybridized carbons (Fsp3) is 0.353. The van der Waals surface area contributed by atoms with E-state index in [0.29, 0.717) is 6.54 Å². The number of ketones is 1. The zero-order chi connectivity index (χ0) is 14.7. The van der Waals surface area contributed by atoms with E-state index in [2.05, 4.69) is 36.1 Å². The van der Waals surface area contributed by atoms with Gasteiger partial charge in [0.05, 0.1) is 6.54 Å². The van der Waals surface area contributed by atoms with E-state index < -0.39 is 0 Å². The molecule has 2 aromatic rings. The van der Waals surface area contributed by atoms with Gasteiger partial charge < -0.3 is 0 Å². The second-order valence-corrected chi connectivity index (χ2v) is 6.87. The van der Waals surface area contributed by atoms with Gasteiger partial charge in [0.15, 0.2) is 5.78 Å². The first-order valence-corrected chi connectivity index (χ1v) is 7.61. The summed E-state index contributed by atoms with van der Waals surface area (Å²) in [5.74, 6) is 0.210. The van der Waals surface area contributed by atoms with Gasteiger partial charge in [-0.1, -0.05) is 29.8 Å². The minimum absolute atomic E-state index is 0.210. The van der Waals surface area contributed by atoms with Crippen LogP contribution in [0.4, 0.5) is 0 Å². The van der Waals surface area contributed by atoms with Crippen LogP contribution in [0.5, 0.6) is 0 Å². The van der Waals surface area contributed by atoms with Crippen molar-refractivity contribution in [2.45, 2.75) is 27.3 Å². The molecule has 0 saturated heterocycles. The Morgan fingerprint density at radius 1 is 1.20 bits per heavy atom. The van der Waals surface area contributed by atoms with E-state index in [4.69, 9.17) is 0 Å². The standard InChI is InChI=1S/C17H21NOS/c1-12-6-5-7-15(8-12)10-18(4)11-17(19)16-9-13(2)20-14(16)3/h5-9H,10-11H2,1-4H3. The monoisotopic (exact) mass is 287 g/mol. The molecule has 1 aromatic heterocycles. The molecular formula is C17H21NOS. The molecule has 1 heterocycles. The molecule has 1 aromatic carbocycles. The van der Waals surface area contributed by atoms with Gasteiger partial charge in [0.1, 0.15) is 0 Å². The Kier molecular flexibility index (Phi) is 4.73. The predicted octanol–water partition coefficient (Wildman–Crippen LogP) is 3.99. The van der Waals surface area contributed by atoms with E-state index in [0.717, 1.165) is 17.0 Å². The maximum absolute atomic E-state index is 12.3. The number of likely N-dealkylation sites (N-methyl/N-ethyl adjacent to an activating group) is 1. The zero-order valence-electron chi connectivity index (χ0n) is 12.6. The van der Waals surface area contributed by atoms with Gasteiger partial charge in [-0.15, -0.1) is 11.3 Å². The van der Waals surface area contributed by atoms with Crippen molar-refractivity contribution in [2.75, 3.05) is 13.6 Å². The molecule has 3 heteroatoms. The minimum Gasteiger partial charge on any atom is -0.295 e. The molecule has 0 saturated carbocycles. The smallest absolute Gasteiger partial charge is 0.177 e. The molecule has 0 fully saturated rings. The number of hydrogen-bond acceptors (Lipinski definition) is 3. The molecule has 0 amide bonds. The van der Waals surface area contributed by atoms with Crippen LogP contribution in [0.2, 0.25) is 0 Å². The van der Waals surface area contributed by atoms with Crippen molar-refractivity contribution in [1.29, 1.82) is 0 Å². The lowest BCUT2D eigenvalue weighted by atomic mass is 10.1. The molecule has 2 rings (SSSR count). The number of benzene rings is 1. The number of hydrogen-bond donors (Lipinski definition) is 0. The lowest BCUT2D eigenvalue weighted by Gasteiger charge is -2.16. The van der Waals surface area contributed by atoms with E-state index in [1.54, 1.807) is 11.3 Å². The summed E-state index contributed by atoms with van der Waals surface area (Å²) < 4.78 is 0. The van der Waals surface area contributed by atoms with Crippen molar-refractivity contribution in [2.24, 2.45) is 0 Å². The number of rotatable bonds is 5. The summed E-state index contributed by atoms with van der Waals surface area (Å²) in [6, 6.07) is 10.4. The van der Waals surface area contributed by atoms with E-state index >= 15 is 0 Å². The maximum Gasteiger partial charge on any atom is 0.177 e. The summed E-state index contributed by atoms with van der Waals surface area (Å²) in [5, 5.41) is 0. The number of aryl methyl sites for hydroxylation is 3. The fourth-order valence-electron chi connectivity index (χ4n) is 2.42. The van der Waals surface area contributed by atoms with E-state index in [-0.39, 0.29) is 5.78 Å². The van der Waals surface area contributed by atoms with Crippen LogP contribution < -0.4 is 0 Å². The summed E-state index contributed by atoms with van der Waals surface area (Å²) >= 11 is 1.69. The summed E-state index contributed by atoms with van der Waals surface area (Å²) in [7, 11) is 1.99. The number of Topliss-reactive ketones (excluding diaryl/α,β-unsaturated/α-hetero) is 1. The molecule has 0 radical (unpaired) electrons. The van der Waals surface area contributed by atoms with Gasteiger partial charge >= 0.3 is 0 Å². The van der Waals surface area contributed by atoms with Gasteiger partial charge in [0.2, 0.25) is 0 Å². The zero-order valence-corrected chi connectivity index (χ0v) is 13.4. The molecule has 0 aliphatic carbocycles. The first-order chi connectivity index (χ1) is 9.45. The highest BCUT2D eigenvalue weighted by Crippen LogP contribution is 2.21. The number of thiophene rings is 1. The summed E-state index contributed by atoms with van der Waals surface area (Å²) in [6.45, 7) is 7.42. The van der Waals surface area contributed by atoms with Crippen molar-refractivity contribution in [3.63, 3.8) is 0 Å². The second-order valence-electron chi connectivity index (χ2n) is 5.41. The average Bonchev–Trinajstić information content (AvgIpc) is 2.68. The molecular weight excluding hydrogens is 266 g/mol. The summed E-state index contributed by atoms with van der Waals surface area (Å²) in [6.07, 6.45) is 0. The number of carbonyl (C=O) groups excluding carboxylic acids is 1. The van der Waals surface area contributed by atoms with Gasteiger partial charge in [0, 0.05) is 21.9 Å². The quantitative estimate of drug-likeness (QED) is 0.775. The normalized spacial score (nSPS) is 11.1. The molecule has 20 heavy (non-hydrogen) atoms. The first kappa shape index (κ1) is 14.9. The van der Waals surface area contributed by atoms with Crippen molar-refractivity contribution >= 4 is 17.1 Å². The van der Waals surface area contributed by atoms with Crippen LogP contribution >= 0.6 is 11.3 Å². The Bertz CT molecular complexity index is 615. The van der Waals surface area contributed by atoms with Crippen LogP contribution in [0.25, 0.3) is 0 Å². The highest BCUT2D eigenvalue weighted by molar-refractivity contribution is 7.12. The van der Waals surface area contributed by atoms with Crippen molar-refractivity contribution in [1.82, 2.24) is 4.90 Å². The molecule has 0 aliphatic rings.